The Hall–Kier alpha value is -2.47. The molecule has 1 heterocycles. The monoisotopic (exact) mass is 398 g/mol. The van der Waals surface area contributed by atoms with Crippen LogP contribution in [0.5, 0.6) is 5.75 Å². The largest absolute Gasteiger partial charge is 0.415 e. The summed E-state index contributed by atoms with van der Waals surface area (Å²) < 4.78 is 5.38. The fraction of sp³-hybridized carbons (Fsp3) is 0.364. The molecule has 3 rings (SSSR count). The number of hydrogen-bond donors (Lipinski definition) is 1. The Morgan fingerprint density at radius 3 is 2.32 bits per heavy atom. The van der Waals surface area contributed by atoms with Crippen LogP contribution in [0.2, 0.25) is 0 Å². The minimum absolute atomic E-state index is 0.0758. The van der Waals surface area contributed by atoms with Crippen molar-refractivity contribution in [3.8, 4) is 5.75 Å². The Labute approximate surface area is 170 Å². The van der Waals surface area contributed by atoms with Gasteiger partial charge in [-0.25, -0.2) is 4.79 Å². The second kappa shape index (κ2) is 10.8. The smallest absolute Gasteiger partial charge is 0.410 e. The molecule has 1 saturated heterocycles. The van der Waals surface area contributed by atoms with Gasteiger partial charge in [-0.15, -0.1) is 11.8 Å². The standard InChI is InChI=1S/C22H26N2O3S/c25-21(17-28-16-19-7-3-1-4-8-19)23-15-18-11-13-24(14-12-18)22(26)27-20-9-5-2-6-10-20/h1-10,18H,11-17H2,(H,23,25). The molecule has 28 heavy (non-hydrogen) atoms. The predicted octanol–water partition coefficient (Wildman–Crippen LogP) is 3.95. The third kappa shape index (κ3) is 6.60. The second-order valence-electron chi connectivity index (χ2n) is 6.89. The van der Waals surface area contributed by atoms with E-state index in [0.717, 1.165) is 18.6 Å². The van der Waals surface area contributed by atoms with Gasteiger partial charge >= 0.3 is 6.09 Å². The Balaban J connectivity index is 1.29. The highest BCUT2D eigenvalue weighted by Crippen LogP contribution is 2.19. The molecular formula is C22H26N2O3S. The van der Waals surface area contributed by atoms with E-state index in [9.17, 15) is 9.59 Å². The van der Waals surface area contributed by atoms with Crippen molar-refractivity contribution in [1.29, 1.82) is 0 Å². The first-order chi connectivity index (χ1) is 13.7. The average molecular weight is 399 g/mol. The zero-order valence-corrected chi connectivity index (χ0v) is 16.7. The topological polar surface area (TPSA) is 58.6 Å². The van der Waals surface area contributed by atoms with Gasteiger partial charge in [0.1, 0.15) is 5.75 Å². The molecule has 1 N–H and O–H groups in total. The van der Waals surface area contributed by atoms with E-state index in [4.69, 9.17) is 4.74 Å². The molecule has 0 spiro atoms. The summed E-state index contributed by atoms with van der Waals surface area (Å²) in [7, 11) is 0. The van der Waals surface area contributed by atoms with Crippen molar-refractivity contribution < 1.29 is 14.3 Å². The molecule has 1 fully saturated rings. The molecule has 0 bridgehead atoms. The summed E-state index contributed by atoms with van der Waals surface area (Å²) in [4.78, 5) is 26.0. The summed E-state index contributed by atoms with van der Waals surface area (Å²) >= 11 is 1.62. The highest BCUT2D eigenvalue weighted by molar-refractivity contribution is 7.99. The molecule has 6 heteroatoms. The van der Waals surface area contributed by atoms with Gasteiger partial charge in [-0.3, -0.25) is 4.79 Å². The lowest BCUT2D eigenvalue weighted by molar-refractivity contribution is -0.118. The van der Waals surface area contributed by atoms with Crippen molar-refractivity contribution >= 4 is 23.8 Å². The Morgan fingerprint density at radius 1 is 1.00 bits per heavy atom. The van der Waals surface area contributed by atoms with Gasteiger partial charge in [0.05, 0.1) is 5.75 Å². The van der Waals surface area contributed by atoms with Crippen molar-refractivity contribution in [3.05, 3.63) is 66.2 Å². The Morgan fingerprint density at radius 2 is 1.64 bits per heavy atom. The molecule has 2 aromatic rings. The van der Waals surface area contributed by atoms with E-state index < -0.39 is 0 Å². The first-order valence-electron chi connectivity index (χ1n) is 9.61. The molecule has 0 unspecified atom stereocenters. The number of benzene rings is 2. The van der Waals surface area contributed by atoms with Crippen molar-refractivity contribution in [3.63, 3.8) is 0 Å². The van der Waals surface area contributed by atoms with Crippen molar-refractivity contribution in [2.45, 2.75) is 18.6 Å². The minimum atomic E-state index is -0.300. The lowest BCUT2D eigenvalue weighted by Crippen LogP contribution is -2.42. The second-order valence-corrected chi connectivity index (χ2v) is 7.88. The number of piperidine rings is 1. The molecule has 5 nitrogen and oxygen atoms in total. The lowest BCUT2D eigenvalue weighted by atomic mass is 9.97. The number of thioether (sulfide) groups is 1. The van der Waals surface area contributed by atoms with Crippen LogP contribution in [0.3, 0.4) is 0 Å². The van der Waals surface area contributed by atoms with Crippen molar-refractivity contribution in [2.24, 2.45) is 5.92 Å². The summed E-state index contributed by atoms with van der Waals surface area (Å²) in [5.74, 6) is 2.36. The van der Waals surface area contributed by atoms with Gasteiger partial charge in [0.2, 0.25) is 5.91 Å². The Bertz CT molecular complexity index is 747. The highest BCUT2D eigenvalue weighted by atomic mass is 32.2. The van der Waals surface area contributed by atoms with Crippen LogP contribution in [-0.4, -0.2) is 42.3 Å². The number of ether oxygens (including phenoxy) is 1. The van der Waals surface area contributed by atoms with E-state index in [2.05, 4.69) is 17.4 Å². The van der Waals surface area contributed by atoms with Gasteiger partial charge in [0.25, 0.3) is 0 Å². The van der Waals surface area contributed by atoms with E-state index in [1.165, 1.54) is 5.56 Å². The van der Waals surface area contributed by atoms with Gasteiger partial charge in [0, 0.05) is 25.4 Å². The molecule has 1 aliphatic heterocycles. The summed E-state index contributed by atoms with van der Waals surface area (Å²) in [6.45, 7) is 2.00. The molecule has 0 saturated carbocycles. The summed E-state index contributed by atoms with van der Waals surface area (Å²) in [6.07, 6.45) is 1.45. The SMILES string of the molecule is O=C(CSCc1ccccc1)NCC1CCN(C(=O)Oc2ccccc2)CC1. The average Bonchev–Trinajstić information content (AvgIpc) is 2.74. The van der Waals surface area contributed by atoms with Crippen LogP contribution in [0.1, 0.15) is 18.4 Å². The van der Waals surface area contributed by atoms with Gasteiger partial charge in [0.15, 0.2) is 0 Å². The van der Waals surface area contributed by atoms with Crippen LogP contribution < -0.4 is 10.1 Å². The van der Waals surface area contributed by atoms with Crippen molar-refractivity contribution in [1.82, 2.24) is 10.2 Å². The third-order valence-corrected chi connectivity index (χ3v) is 5.76. The zero-order chi connectivity index (χ0) is 19.6. The number of nitrogens with one attached hydrogen (secondary N) is 1. The van der Waals surface area contributed by atoms with E-state index in [0.29, 0.717) is 37.1 Å². The zero-order valence-electron chi connectivity index (χ0n) is 15.9. The van der Waals surface area contributed by atoms with Gasteiger partial charge in [-0.1, -0.05) is 48.5 Å². The molecule has 1 aliphatic rings. The molecule has 0 radical (unpaired) electrons. The van der Waals surface area contributed by atoms with Gasteiger partial charge < -0.3 is 15.0 Å². The quantitative estimate of drug-likeness (QED) is 0.767. The molecular weight excluding hydrogens is 372 g/mol. The molecule has 0 aliphatic carbocycles. The first kappa shape index (κ1) is 20.3. The van der Waals surface area contributed by atoms with Crippen LogP contribution in [0.15, 0.2) is 60.7 Å². The predicted molar refractivity (Wildman–Crippen MR) is 112 cm³/mol. The fourth-order valence-electron chi connectivity index (χ4n) is 3.12. The summed E-state index contributed by atoms with van der Waals surface area (Å²) in [5.41, 5.74) is 1.23. The van der Waals surface area contributed by atoms with Crippen LogP contribution in [-0.2, 0) is 10.5 Å². The van der Waals surface area contributed by atoms with E-state index in [-0.39, 0.29) is 12.0 Å². The fourth-order valence-corrected chi connectivity index (χ4v) is 3.94. The van der Waals surface area contributed by atoms with Gasteiger partial charge in [-0.05, 0) is 36.5 Å². The maximum atomic E-state index is 12.2. The number of hydrogen-bond acceptors (Lipinski definition) is 4. The number of carbonyl (C=O) groups excluding carboxylic acids is 2. The summed E-state index contributed by atoms with van der Waals surface area (Å²) in [6, 6.07) is 19.3. The van der Waals surface area contributed by atoms with Crippen LogP contribution in [0.25, 0.3) is 0 Å². The van der Waals surface area contributed by atoms with E-state index >= 15 is 0 Å². The van der Waals surface area contributed by atoms with Crippen LogP contribution >= 0.6 is 11.8 Å². The number of likely N-dealkylation sites (tertiary alicyclic amines) is 1. The van der Waals surface area contributed by atoms with Gasteiger partial charge in [-0.2, -0.15) is 0 Å². The molecule has 2 aromatic carbocycles. The third-order valence-electron chi connectivity index (χ3n) is 4.75. The Kier molecular flexibility index (Phi) is 7.79. The van der Waals surface area contributed by atoms with E-state index in [1.54, 1.807) is 28.8 Å². The number of carbonyl (C=O) groups is 2. The molecule has 0 aromatic heterocycles. The number of para-hydroxylation sites is 1. The normalized spacial score (nSPS) is 14.5. The molecule has 2 amide bonds. The van der Waals surface area contributed by atoms with Crippen LogP contribution in [0, 0.1) is 5.92 Å². The molecule has 148 valence electrons. The maximum absolute atomic E-state index is 12.2. The maximum Gasteiger partial charge on any atom is 0.415 e. The van der Waals surface area contributed by atoms with Crippen molar-refractivity contribution in [2.75, 3.05) is 25.4 Å². The number of amides is 2. The highest BCUT2D eigenvalue weighted by Gasteiger charge is 2.24. The number of nitrogens with zero attached hydrogens (tertiary/aromatic N) is 1. The first-order valence-corrected chi connectivity index (χ1v) is 10.8. The number of rotatable bonds is 7. The van der Waals surface area contributed by atoms with Crippen LogP contribution in [0.4, 0.5) is 4.79 Å². The lowest BCUT2D eigenvalue weighted by Gasteiger charge is -2.31. The van der Waals surface area contributed by atoms with E-state index in [1.807, 2.05) is 36.4 Å². The summed E-state index contributed by atoms with van der Waals surface area (Å²) in [5, 5.41) is 3.03. The molecule has 0 atom stereocenters. The minimum Gasteiger partial charge on any atom is -0.410 e.